The first-order chi connectivity index (χ1) is 7.60. The van der Waals surface area contributed by atoms with Gasteiger partial charge in [0.1, 0.15) is 0 Å². The standard InChI is InChI=1S/C14H28N2/c1-12-8-15-9-13(2)11-16(10-12)14(3)6-4-5-7-14/h12-13,15H,4-11H2,1-3H3. The van der Waals surface area contributed by atoms with E-state index >= 15 is 0 Å². The SMILES string of the molecule is CC1CNCC(C)CN(C2(C)CCCC2)C1. The van der Waals surface area contributed by atoms with Gasteiger partial charge in [-0.05, 0) is 44.7 Å². The van der Waals surface area contributed by atoms with Crippen LogP contribution in [-0.4, -0.2) is 36.6 Å². The van der Waals surface area contributed by atoms with Gasteiger partial charge in [-0.25, -0.2) is 0 Å². The molecule has 2 heteroatoms. The average Bonchev–Trinajstić information content (AvgIpc) is 2.63. The molecule has 1 aliphatic carbocycles. The van der Waals surface area contributed by atoms with Crippen molar-refractivity contribution in [2.45, 2.75) is 52.0 Å². The van der Waals surface area contributed by atoms with E-state index in [4.69, 9.17) is 0 Å². The summed E-state index contributed by atoms with van der Waals surface area (Å²) in [4.78, 5) is 2.80. The van der Waals surface area contributed by atoms with Gasteiger partial charge in [-0.15, -0.1) is 0 Å². The lowest BCUT2D eigenvalue weighted by atomic mass is 9.93. The Morgan fingerprint density at radius 2 is 1.50 bits per heavy atom. The Hall–Kier alpha value is -0.0800. The third kappa shape index (κ3) is 2.78. The second-order valence-corrected chi connectivity index (χ2v) is 6.48. The summed E-state index contributed by atoms with van der Waals surface area (Å²) >= 11 is 0. The van der Waals surface area contributed by atoms with Crippen LogP contribution in [0.3, 0.4) is 0 Å². The van der Waals surface area contributed by atoms with Crippen molar-refractivity contribution >= 4 is 0 Å². The molecule has 0 aromatic rings. The lowest BCUT2D eigenvalue weighted by molar-refractivity contribution is 0.0667. The summed E-state index contributed by atoms with van der Waals surface area (Å²) in [5.41, 5.74) is 0.514. The molecule has 0 aromatic heterocycles. The highest BCUT2D eigenvalue weighted by atomic mass is 15.2. The molecule has 2 atom stereocenters. The number of hydrogen-bond donors (Lipinski definition) is 1. The molecule has 1 heterocycles. The van der Waals surface area contributed by atoms with Gasteiger partial charge in [-0.3, -0.25) is 4.90 Å². The first-order valence-corrected chi connectivity index (χ1v) is 7.06. The van der Waals surface area contributed by atoms with Gasteiger partial charge >= 0.3 is 0 Å². The van der Waals surface area contributed by atoms with Gasteiger partial charge in [0.2, 0.25) is 0 Å². The Balaban J connectivity index is 2.03. The number of hydrogen-bond acceptors (Lipinski definition) is 2. The minimum atomic E-state index is 0.514. The topological polar surface area (TPSA) is 15.3 Å². The van der Waals surface area contributed by atoms with Gasteiger partial charge in [0.25, 0.3) is 0 Å². The third-order valence-electron chi connectivity index (χ3n) is 4.49. The highest BCUT2D eigenvalue weighted by molar-refractivity contribution is 4.92. The minimum absolute atomic E-state index is 0.514. The Morgan fingerprint density at radius 1 is 1.00 bits per heavy atom. The number of rotatable bonds is 1. The Morgan fingerprint density at radius 3 is 2.00 bits per heavy atom. The van der Waals surface area contributed by atoms with Crippen molar-refractivity contribution in [3.63, 3.8) is 0 Å². The third-order valence-corrected chi connectivity index (χ3v) is 4.49. The van der Waals surface area contributed by atoms with Crippen molar-refractivity contribution < 1.29 is 0 Å². The average molecular weight is 224 g/mol. The molecular weight excluding hydrogens is 196 g/mol. The minimum Gasteiger partial charge on any atom is -0.316 e. The van der Waals surface area contributed by atoms with Crippen LogP contribution >= 0.6 is 0 Å². The van der Waals surface area contributed by atoms with Crippen LogP contribution in [0.2, 0.25) is 0 Å². The van der Waals surface area contributed by atoms with Gasteiger partial charge in [-0.1, -0.05) is 26.7 Å². The summed E-state index contributed by atoms with van der Waals surface area (Å²) in [5, 5.41) is 3.58. The molecule has 1 N–H and O–H groups in total. The van der Waals surface area contributed by atoms with Crippen LogP contribution in [0.15, 0.2) is 0 Å². The molecule has 1 aliphatic heterocycles. The molecule has 94 valence electrons. The quantitative estimate of drug-likeness (QED) is 0.736. The maximum Gasteiger partial charge on any atom is 0.0181 e. The van der Waals surface area contributed by atoms with E-state index in [2.05, 4.69) is 31.0 Å². The van der Waals surface area contributed by atoms with Crippen LogP contribution in [0.5, 0.6) is 0 Å². The highest BCUT2D eigenvalue weighted by Gasteiger charge is 2.36. The van der Waals surface area contributed by atoms with Gasteiger partial charge in [0.05, 0.1) is 0 Å². The molecular formula is C14H28N2. The van der Waals surface area contributed by atoms with Crippen molar-refractivity contribution in [2.75, 3.05) is 26.2 Å². The lowest BCUT2D eigenvalue weighted by Gasteiger charge is -2.43. The van der Waals surface area contributed by atoms with Crippen LogP contribution in [-0.2, 0) is 0 Å². The van der Waals surface area contributed by atoms with Crippen LogP contribution in [0, 0.1) is 11.8 Å². The van der Waals surface area contributed by atoms with E-state index in [0.717, 1.165) is 11.8 Å². The zero-order valence-corrected chi connectivity index (χ0v) is 11.3. The fraction of sp³-hybridized carbons (Fsp3) is 1.00. The monoisotopic (exact) mass is 224 g/mol. The Bertz CT molecular complexity index is 209. The molecule has 16 heavy (non-hydrogen) atoms. The van der Waals surface area contributed by atoms with Crippen molar-refractivity contribution in [3.8, 4) is 0 Å². The summed E-state index contributed by atoms with van der Waals surface area (Å²) in [6.45, 7) is 12.2. The number of nitrogens with zero attached hydrogens (tertiary/aromatic N) is 1. The summed E-state index contributed by atoms with van der Waals surface area (Å²) < 4.78 is 0. The van der Waals surface area contributed by atoms with E-state index < -0.39 is 0 Å². The van der Waals surface area contributed by atoms with Crippen LogP contribution in [0.25, 0.3) is 0 Å². The molecule has 0 aromatic carbocycles. The van der Waals surface area contributed by atoms with Crippen molar-refractivity contribution in [1.82, 2.24) is 10.2 Å². The van der Waals surface area contributed by atoms with Gasteiger partial charge in [0.15, 0.2) is 0 Å². The normalized spacial score (nSPS) is 36.9. The Labute approximate surface area is 101 Å². The fourth-order valence-electron chi connectivity index (χ4n) is 3.43. The molecule has 2 fully saturated rings. The van der Waals surface area contributed by atoms with Gasteiger partial charge in [-0.2, -0.15) is 0 Å². The summed E-state index contributed by atoms with van der Waals surface area (Å²) in [5.74, 6) is 1.59. The molecule has 0 radical (unpaired) electrons. The highest BCUT2D eigenvalue weighted by Crippen LogP contribution is 2.35. The van der Waals surface area contributed by atoms with Crippen molar-refractivity contribution in [2.24, 2.45) is 11.8 Å². The molecule has 0 spiro atoms. The van der Waals surface area contributed by atoms with E-state index in [1.54, 1.807) is 0 Å². The molecule has 1 saturated carbocycles. The lowest BCUT2D eigenvalue weighted by Crippen LogP contribution is -2.52. The van der Waals surface area contributed by atoms with Crippen molar-refractivity contribution in [3.05, 3.63) is 0 Å². The first kappa shape index (κ1) is 12.4. The second kappa shape index (κ2) is 5.05. The molecule has 0 bridgehead atoms. The van der Waals surface area contributed by atoms with E-state index in [9.17, 15) is 0 Å². The first-order valence-electron chi connectivity index (χ1n) is 7.06. The number of nitrogens with one attached hydrogen (secondary N) is 1. The molecule has 0 amide bonds. The van der Waals surface area contributed by atoms with E-state index in [-0.39, 0.29) is 0 Å². The maximum absolute atomic E-state index is 3.58. The molecule has 2 unspecified atom stereocenters. The largest absolute Gasteiger partial charge is 0.316 e. The predicted molar refractivity (Wildman–Crippen MR) is 69.6 cm³/mol. The van der Waals surface area contributed by atoms with Crippen LogP contribution in [0.4, 0.5) is 0 Å². The zero-order chi connectivity index (χ0) is 11.6. The summed E-state index contributed by atoms with van der Waals surface area (Å²) in [7, 11) is 0. The molecule has 2 nitrogen and oxygen atoms in total. The Kier molecular flexibility index (Phi) is 3.91. The molecule has 2 aliphatic rings. The molecule has 1 saturated heterocycles. The fourth-order valence-corrected chi connectivity index (χ4v) is 3.43. The smallest absolute Gasteiger partial charge is 0.0181 e. The van der Waals surface area contributed by atoms with Gasteiger partial charge < -0.3 is 5.32 Å². The second-order valence-electron chi connectivity index (χ2n) is 6.48. The van der Waals surface area contributed by atoms with E-state index in [1.165, 1.54) is 51.9 Å². The van der Waals surface area contributed by atoms with E-state index in [0.29, 0.717) is 5.54 Å². The van der Waals surface area contributed by atoms with E-state index in [1.807, 2.05) is 0 Å². The summed E-state index contributed by atoms with van der Waals surface area (Å²) in [6, 6.07) is 0. The summed E-state index contributed by atoms with van der Waals surface area (Å²) in [6.07, 6.45) is 5.71. The van der Waals surface area contributed by atoms with Crippen LogP contribution < -0.4 is 5.32 Å². The molecule has 2 rings (SSSR count). The maximum atomic E-state index is 3.58. The van der Waals surface area contributed by atoms with Crippen LogP contribution in [0.1, 0.15) is 46.5 Å². The van der Waals surface area contributed by atoms with Crippen molar-refractivity contribution in [1.29, 1.82) is 0 Å². The predicted octanol–water partition coefficient (Wildman–Crippen LogP) is 2.50. The zero-order valence-electron chi connectivity index (χ0n) is 11.3. The van der Waals surface area contributed by atoms with Gasteiger partial charge in [0, 0.05) is 18.6 Å².